The van der Waals surface area contributed by atoms with Gasteiger partial charge in [-0.1, -0.05) is 18.2 Å². The van der Waals surface area contributed by atoms with Crippen LogP contribution in [0.25, 0.3) is 0 Å². The van der Waals surface area contributed by atoms with Crippen LogP contribution in [0.3, 0.4) is 0 Å². The van der Waals surface area contributed by atoms with Gasteiger partial charge in [0.25, 0.3) is 0 Å². The Balaban J connectivity index is 1.60. The van der Waals surface area contributed by atoms with Crippen LogP contribution < -0.4 is 0 Å². The second-order valence-electron chi connectivity index (χ2n) is 6.28. The lowest BCUT2D eigenvalue weighted by atomic mass is 9.80. The Morgan fingerprint density at radius 3 is 2.61 bits per heavy atom. The Kier molecular flexibility index (Phi) is 3.14. The number of methoxy groups -OCH3 is 1. The maximum atomic E-state index is 12.3. The van der Waals surface area contributed by atoms with Crippen LogP contribution in [-0.2, 0) is 23.8 Å². The van der Waals surface area contributed by atoms with E-state index in [1.165, 1.54) is 7.11 Å². The molecule has 0 spiro atoms. The van der Waals surface area contributed by atoms with Crippen molar-refractivity contribution in [1.29, 1.82) is 0 Å². The average molecular weight is 316 g/mol. The molecule has 6 unspecified atom stereocenters. The molecule has 4 rings (SSSR count). The number of carbonyl (C=O) groups excluding carboxylic acids is 3. The predicted octanol–water partition coefficient (Wildman–Crippen LogP) is 1.19. The van der Waals surface area contributed by atoms with Gasteiger partial charge >= 0.3 is 17.9 Å². The molecule has 0 amide bonds. The van der Waals surface area contributed by atoms with Crippen LogP contribution in [0, 0.1) is 23.7 Å². The smallest absolute Gasteiger partial charge is 0.338 e. The SMILES string of the molecule is COC(=O)C1C2CC3C1OC(=O)C3C2OC(=O)c1ccccc1. The highest BCUT2D eigenvalue weighted by atomic mass is 16.6. The van der Waals surface area contributed by atoms with E-state index in [0.717, 1.165) is 0 Å². The Morgan fingerprint density at radius 2 is 1.91 bits per heavy atom. The standard InChI is InChI=1S/C17H16O6/c1-21-16(19)11-9-7-10-12(17(20)23-13(10)11)14(9)22-15(18)8-5-3-2-4-6-8/h2-6,9-14H,7H2,1H3. The van der Waals surface area contributed by atoms with E-state index < -0.39 is 36.0 Å². The molecule has 120 valence electrons. The molecule has 6 nitrogen and oxygen atoms in total. The van der Waals surface area contributed by atoms with Crippen LogP contribution >= 0.6 is 0 Å². The molecule has 1 aromatic rings. The van der Waals surface area contributed by atoms with E-state index in [0.29, 0.717) is 12.0 Å². The van der Waals surface area contributed by atoms with Crippen LogP contribution in [0.15, 0.2) is 30.3 Å². The summed E-state index contributed by atoms with van der Waals surface area (Å²) in [5.41, 5.74) is 0.424. The molecular formula is C17H16O6. The number of benzene rings is 1. The summed E-state index contributed by atoms with van der Waals surface area (Å²) in [7, 11) is 1.31. The predicted molar refractivity (Wildman–Crippen MR) is 76.1 cm³/mol. The Hall–Kier alpha value is -2.37. The minimum Gasteiger partial charge on any atom is -0.469 e. The number of ether oxygens (including phenoxy) is 3. The molecule has 0 N–H and O–H groups in total. The summed E-state index contributed by atoms with van der Waals surface area (Å²) in [6.45, 7) is 0. The lowest BCUT2D eigenvalue weighted by Gasteiger charge is -2.29. The Bertz CT molecular complexity index is 669. The Labute approximate surface area is 132 Å². The van der Waals surface area contributed by atoms with Crippen molar-refractivity contribution < 1.29 is 28.6 Å². The Morgan fingerprint density at radius 1 is 1.17 bits per heavy atom. The molecule has 1 saturated heterocycles. The van der Waals surface area contributed by atoms with Crippen molar-refractivity contribution in [3.05, 3.63) is 35.9 Å². The quantitative estimate of drug-likeness (QED) is 0.616. The lowest BCUT2D eigenvalue weighted by molar-refractivity contribution is -0.154. The van der Waals surface area contributed by atoms with E-state index in [9.17, 15) is 14.4 Å². The highest BCUT2D eigenvalue weighted by Gasteiger charge is 2.70. The molecule has 6 heteroatoms. The first-order valence-corrected chi connectivity index (χ1v) is 7.66. The van der Waals surface area contributed by atoms with Gasteiger partial charge in [-0.2, -0.15) is 0 Å². The van der Waals surface area contributed by atoms with Crippen molar-refractivity contribution in [3.8, 4) is 0 Å². The van der Waals surface area contributed by atoms with E-state index in [4.69, 9.17) is 14.2 Å². The zero-order valence-corrected chi connectivity index (χ0v) is 12.5. The van der Waals surface area contributed by atoms with Crippen molar-refractivity contribution in [3.63, 3.8) is 0 Å². The van der Waals surface area contributed by atoms with E-state index >= 15 is 0 Å². The summed E-state index contributed by atoms with van der Waals surface area (Å²) in [6.07, 6.45) is -0.409. The number of carbonyl (C=O) groups is 3. The van der Waals surface area contributed by atoms with Gasteiger partial charge in [0.05, 0.1) is 12.7 Å². The fourth-order valence-electron chi connectivity index (χ4n) is 4.36. The second-order valence-corrected chi connectivity index (χ2v) is 6.28. The fraction of sp³-hybridized carbons (Fsp3) is 0.471. The van der Waals surface area contributed by atoms with Crippen molar-refractivity contribution in [2.75, 3.05) is 7.11 Å². The molecule has 0 aromatic heterocycles. The van der Waals surface area contributed by atoms with Crippen LogP contribution in [0.1, 0.15) is 16.8 Å². The van der Waals surface area contributed by atoms with Crippen molar-refractivity contribution >= 4 is 17.9 Å². The third-order valence-electron chi connectivity index (χ3n) is 5.27. The lowest BCUT2D eigenvalue weighted by Crippen LogP contribution is -2.43. The van der Waals surface area contributed by atoms with Gasteiger partial charge in [-0.05, 0) is 18.6 Å². The van der Waals surface area contributed by atoms with Crippen LogP contribution in [-0.4, -0.2) is 37.2 Å². The van der Waals surface area contributed by atoms with Crippen molar-refractivity contribution in [2.24, 2.45) is 23.7 Å². The van der Waals surface area contributed by atoms with Gasteiger partial charge in [0.15, 0.2) is 0 Å². The second kappa shape index (κ2) is 5.08. The average Bonchev–Trinajstić information content (AvgIpc) is 3.17. The number of hydrogen-bond acceptors (Lipinski definition) is 6. The summed E-state index contributed by atoms with van der Waals surface area (Å²) in [5, 5.41) is 0. The van der Waals surface area contributed by atoms with E-state index in [1.54, 1.807) is 30.3 Å². The summed E-state index contributed by atoms with van der Waals surface area (Å²) >= 11 is 0. The van der Waals surface area contributed by atoms with Gasteiger partial charge in [0.2, 0.25) is 0 Å². The molecule has 2 bridgehead atoms. The number of fused-ring (bicyclic) bond motifs is 1. The van der Waals surface area contributed by atoms with Gasteiger partial charge in [-0.3, -0.25) is 9.59 Å². The first-order chi connectivity index (χ1) is 11.1. The molecule has 3 aliphatic rings. The molecule has 0 radical (unpaired) electrons. The van der Waals surface area contributed by atoms with E-state index in [-0.39, 0.29) is 17.8 Å². The zero-order valence-electron chi connectivity index (χ0n) is 12.5. The highest BCUT2D eigenvalue weighted by molar-refractivity contribution is 5.90. The number of hydrogen-bond donors (Lipinski definition) is 0. The van der Waals surface area contributed by atoms with E-state index in [2.05, 4.69) is 0 Å². The minimum absolute atomic E-state index is 0.0647. The summed E-state index contributed by atoms with van der Waals surface area (Å²) in [5.74, 6) is -2.55. The first kappa shape index (κ1) is 14.2. The normalized spacial score (nSPS) is 36.7. The van der Waals surface area contributed by atoms with Gasteiger partial charge in [-0.25, -0.2) is 4.79 Å². The van der Waals surface area contributed by atoms with Crippen LogP contribution in [0.5, 0.6) is 0 Å². The topological polar surface area (TPSA) is 78.9 Å². The molecule has 1 aromatic carbocycles. The molecule has 2 saturated carbocycles. The highest BCUT2D eigenvalue weighted by Crippen LogP contribution is 2.58. The number of rotatable bonds is 3. The first-order valence-electron chi connectivity index (χ1n) is 7.66. The van der Waals surface area contributed by atoms with Gasteiger partial charge in [0.1, 0.15) is 24.0 Å². The molecule has 1 aliphatic heterocycles. The summed E-state index contributed by atoms with van der Waals surface area (Å²) in [6, 6.07) is 8.61. The largest absolute Gasteiger partial charge is 0.469 e. The van der Waals surface area contributed by atoms with Crippen LogP contribution in [0.4, 0.5) is 0 Å². The molecule has 2 aliphatic carbocycles. The maximum absolute atomic E-state index is 12.3. The zero-order chi connectivity index (χ0) is 16.1. The molecule has 3 fully saturated rings. The molecular weight excluding hydrogens is 300 g/mol. The van der Waals surface area contributed by atoms with Gasteiger partial charge in [-0.15, -0.1) is 0 Å². The summed E-state index contributed by atoms with van der Waals surface area (Å²) < 4.78 is 15.8. The third-order valence-corrected chi connectivity index (χ3v) is 5.27. The molecule has 6 atom stereocenters. The molecule has 1 heterocycles. The minimum atomic E-state index is -0.622. The van der Waals surface area contributed by atoms with E-state index in [1.807, 2.05) is 0 Å². The number of esters is 3. The maximum Gasteiger partial charge on any atom is 0.338 e. The van der Waals surface area contributed by atoms with Gasteiger partial charge in [0, 0.05) is 11.8 Å². The summed E-state index contributed by atoms with van der Waals surface area (Å²) in [4.78, 5) is 36.5. The van der Waals surface area contributed by atoms with Gasteiger partial charge < -0.3 is 14.2 Å². The monoisotopic (exact) mass is 316 g/mol. The van der Waals surface area contributed by atoms with Crippen molar-refractivity contribution in [2.45, 2.75) is 18.6 Å². The third kappa shape index (κ3) is 1.97. The fourth-order valence-corrected chi connectivity index (χ4v) is 4.36. The van der Waals surface area contributed by atoms with Crippen LogP contribution in [0.2, 0.25) is 0 Å². The van der Waals surface area contributed by atoms with Crippen molar-refractivity contribution in [1.82, 2.24) is 0 Å². The molecule has 23 heavy (non-hydrogen) atoms.